The molecular weight excluding hydrogens is 528 g/mol. The minimum Gasteiger partial charge on any atom is -1.00 e. The molecule has 1 amide bonds. The van der Waals surface area contributed by atoms with Crippen LogP contribution < -0.4 is 29.3 Å². The number of likely N-dealkylation sites (N-methyl/N-ethyl adjacent to an activating group) is 1. The van der Waals surface area contributed by atoms with Gasteiger partial charge < -0.3 is 33.8 Å². The van der Waals surface area contributed by atoms with Crippen LogP contribution in [0.1, 0.15) is 46.8 Å². The number of benzene rings is 2. The van der Waals surface area contributed by atoms with Crippen molar-refractivity contribution in [3.63, 3.8) is 0 Å². The topological polar surface area (TPSA) is 29.1 Å². The Balaban J connectivity index is 0.00000320. The highest BCUT2D eigenvalue weighted by molar-refractivity contribution is 6.34. The smallest absolute Gasteiger partial charge is 0.417 e. The summed E-state index contributed by atoms with van der Waals surface area (Å²) >= 11 is 5.97. The van der Waals surface area contributed by atoms with E-state index in [1.807, 2.05) is 30.3 Å². The van der Waals surface area contributed by atoms with E-state index in [1.165, 1.54) is 12.1 Å². The standard InChI is InChI=1S/C22H24ClF3N2O.HI/c1-28(2)14-7-6-13-18(28)20(15-9-4-3-5-10-15)27-21(29)16-11-8-12-17(19(16)23)22(24,25)26;/h3-5,8-12,18,20H,6-7,13-14H2,1-2H3;1H/t18-,20-;/m0./s1. The third-order valence-electron chi connectivity index (χ3n) is 5.76. The molecule has 0 unspecified atom stereocenters. The van der Waals surface area contributed by atoms with Crippen molar-refractivity contribution in [2.75, 3.05) is 20.6 Å². The van der Waals surface area contributed by atoms with Crippen LogP contribution in [-0.2, 0) is 6.18 Å². The number of carbonyl (C=O) groups is 1. The molecule has 0 bridgehead atoms. The lowest BCUT2D eigenvalue weighted by atomic mass is 9.89. The van der Waals surface area contributed by atoms with Gasteiger partial charge in [0.25, 0.3) is 5.91 Å². The largest absolute Gasteiger partial charge is 1.00 e. The van der Waals surface area contributed by atoms with Gasteiger partial charge in [0, 0.05) is 6.42 Å². The lowest BCUT2D eigenvalue weighted by Gasteiger charge is -2.45. The van der Waals surface area contributed by atoms with Crippen LogP contribution in [0.4, 0.5) is 13.2 Å². The van der Waals surface area contributed by atoms with Gasteiger partial charge in [-0.15, -0.1) is 0 Å². The molecule has 1 heterocycles. The third kappa shape index (κ3) is 5.48. The highest BCUT2D eigenvalue weighted by atomic mass is 127. The van der Waals surface area contributed by atoms with Crippen LogP contribution in [-0.4, -0.2) is 37.1 Å². The van der Waals surface area contributed by atoms with Crippen molar-refractivity contribution in [3.05, 3.63) is 70.2 Å². The summed E-state index contributed by atoms with van der Waals surface area (Å²) in [6.07, 6.45) is -1.54. The molecule has 2 aromatic carbocycles. The Hall–Kier alpha value is -1.32. The Kier molecular flexibility index (Phi) is 8.21. The molecule has 1 saturated heterocycles. The average Bonchev–Trinajstić information content (AvgIpc) is 2.66. The number of likely N-dealkylation sites (tertiary alicyclic amines) is 1. The molecule has 1 aliphatic rings. The molecule has 1 fully saturated rings. The van der Waals surface area contributed by atoms with E-state index >= 15 is 0 Å². The first-order valence-electron chi connectivity index (χ1n) is 9.65. The molecule has 1 N–H and O–H groups in total. The third-order valence-corrected chi connectivity index (χ3v) is 6.17. The molecule has 0 aromatic heterocycles. The summed E-state index contributed by atoms with van der Waals surface area (Å²) in [5.74, 6) is -0.597. The monoisotopic (exact) mass is 552 g/mol. The highest BCUT2D eigenvalue weighted by Crippen LogP contribution is 2.37. The van der Waals surface area contributed by atoms with Crippen LogP contribution in [0.3, 0.4) is 0 Å². The Bertz CT molecular complexity index is 874. The van der Waals surface area contributed by atoms with Gasteiger partial charge in [-0.05, 0) is 30.5 Å². The number of hydrogen-bond acceptors (Lipinski definition) is 1. The summed E-state index contributed by atoms with van der Waals surface area (Å²) in [5.41, 5.74) is -0.234. The van der Waals surface area contributed by atoms with Crippen molar-refractivity contribution < 1.29 is 46.4 Å². The fourth-order valence-electron chi connectivity index (χ4n) is 4.17. The first-order valence-corrected chi connectivity index (χ1v) is 10.0. The summed E-state index contributed by atoms with van der Waals surface area (Å²) < 4.78 is 40.3. The van der Waals surface area contributed by atoms with Gasteiger partial charge >= 0.3 is 6.18 Å². The second-order valence-corrected chi connectivity index (χ2v) is 8.47. The number of halogens is 5. The molecule has 2 atom stereocenters. The van der Waals surface area contributed by atoms with E-state index in [0.29, 0.717) is 0 Å². The summed E-state index contributed by atoms with van der Waals surface area (Å²) in [5, 5.41) is 2.42. The molecule has 164 valence electrons. The van der Waals surface area contributed by atoms with E-state index < -0.39 is 22.7 Å². The van der Waals surface area contributed by atoms with Gasteiger partial charge in [0.15, 0.2) is 0 Å². The molecule has 0 radical (unpaired) electrons. The van der Waals surface area contributed by atoms with Gasteiger partial charge in [-0.25, -0.2) is 0 Å². The second kappa shape index (κ2) is 9.87. The quantitative estimate of drug-likeness (QED) is 0.459. The Morgan fingerprint density at radius 2 is 1.77 bits per heavy atom. The normalized spacial score (nSPS) is 19.5. The van der Waals surface area contributed by atoms with Crippen molar-refractivity contribution >= 4 is 17.5 Å². The molecule has 2 aromatic rings. The maximum atomic E-state index is 13.2. The van der Waals surface area contributed by atoms with Gasteiger partial charge in [0.1, 0.15) is 12.1 Å². The molecular formula is C22H25ClF3IN2O. The number of piperidine rings is 1. The molecule has 0 saturated carbocycles. The molecule has 30 heavy (non-hydrogen) atoms. The van der Waals surface area contributed by atoms with Gasteiger partial charge in [-0.2, -0.15) is 13.2 Å². The lowest BCUT2D eigenvalue weighted by Crippen LogP contribution is -3.00. The summed E-state index contributed by atoms with van der Waals surface area (Å²) in [7, 11) is 4.26. The van der Waals surface area contributed by atoms with E-state index in [2.05, 4.69) is 19.4 Å². The number of carbonyl (C=O) groups excluding carboxylic acids is 1. The zero-order valence-electron chi connectivity index (χ0n) is 16.8. The molecule has 0 spiro atoms. The van der Waals surface area contributed by atoms with Crippen molar-refractivity contribution in [1.82, 2.24) is 5.32 Å². The minimum absolute atomic E-state index is 0. The van der Waals surface area contributed by atoms with Crippen LogP contribution in [0.5, 0.6) is 0 Å². The van der Waals surface area contributed by atoms with Gasteiger partial charge in [0.2, 0.25) is 0 Å². The van der Waals surface area contributed by atoms with E-state index in [1.54, 1.807) is 0 Å². The van der Waals surface area contributed by atoms with E-state index in [-0.39, 0.29) is 41.6 Å². The number of rotatable bonds is 4. The zero-order valence-corrected chi connectivity index (χ0v) is 19.8. The molecule has 0 aliphatic carbocycles. The predicted octanol–water partition coefficient (Wildman–Crippen LogP) is 2.46. The van der Waals surface area contributed by atoms with Crippen LogP contribution >= 0.6 is 11.6 Å². The number of hydrogen-bond donors (Lipinski definition) is 1. The second-order valence-electron chi connectivity index (χ2n) is 8.09. The average molecular weight is 553 g/mol. The summed E-state index contributed by atoms with van der Waals surface area (Å²) in [6, 6.07) is 12.8. The Labute approximate surface area is 197 Å². The van der Waals surface area contributed by atoms with E-state index in [0.717, 1.165) is 41.9 Å². The maximum Gasteiger partial charge on any atom is 0.417 e. The number of quaternary nitrogens is 1. The number of nitrogens with one attached hydrogen (secondary N) is 1. The predicted molar refractivity (Wildman–Crippen MR) is 108 cm³/mol. The highest BCUT2D eigenvalue weighted by Gasteiger charge is 2.40. The number of nitrogens with zero attached hydrogens (tertiary/aromatic N) is 1. The first-order chi connectivity index (χ1) is 13.6. The van der Waals surface area contributed by atoms with Crippen molar-refractivity contribution in [2.45, 2.75) is 37.5 Å². The van der Waals surface area contributed by atoms with E-state index in [4.69, 9.17) is 11.6 Å². The fourth-order valence-corrected chi connectivity index (χ4v) is 4.48. The molecule has 1 aliphatic heterocycles. The molecule has 3 nitrogen and oxygen atoms in total. The minimum atomic E-state index is -4.62. The van der Waals surface area contributed by atoms with Gasteiger partial charge in [-0.1, -0.05) is 48.0 Å². The summed E-state index contributed by atoms with van der Waals surface area (Å²) in [6.45, 7) is 0.980. The Morgan fingerprint density at radius 3 is 2.37 bits per heavy atom. The van der Waals surface area contributed by atoms with Crippen molar-refractivity contribution in [3.8, 4) is 0 Å². The fraction of sp³-hybridized carbons (Fsp3) is 0.409. The van der Waals surface area contributed by atoms with Crippen LogP contribution in [0.2, 0.25) is 5.02 Å². The summed E-state index contributed by atoms with van der Waals surface area (Å²) in [4.78, 5) is 13.0. The van der Waals surface area contributed by atoms with Crippen LogP contribution in [0, 0.1) is 0 Å². The zero-order chi connectivity index (χ0) is 21.2. The number of alkyl halides is 3. The first kappa shape index (κ1) is 24.9. The van der Waals surface area contributed by atoms with Crippen molar-refractivity contribution in [1.29, 1.82) is 0 Å². The SMILES string of the molecule is C[N+]1(C)CCCC[C@H]1[C@@H](NC(=O)c1cccc(C(F)(F)F)c1Cl)c1ccccc1.[I-]. The maximum absolute atomic E-state index is 13.2. The van der Waals surface area contributed by atoms with Crippen LogP contribution in [0.25, 0.3) is 0 Å². The molecule has 8 heteroatoms. The van der Waals surface area contributed by atoms with Gasteiger partial charge in [-0.3, -0.25) is 4.79 Å². The Morgan fingerprint density at radius 1 is 1.10 bits per heavy atom. The molecule has 3 rings (SSSR count). The van der Waals surface area contributed by atoms with E-state index in [9.17, 15) is 18.0 Å². The number of amides is 1. The van der Waals surface area contributed by atoms with Crippen LogP contribution in [0.15, 0.2) is 48.5 Å². The van der Waals surface area contributed by atoms with Gasteiger partial charge in [0.05, 0.1) is 36.8 Å². The lowest BCUT2D eigenvalue weighted by molar-refractivity contribution is -0.922. The van der Waals surface area contributed by atoms with Crippen molar-refractivity contribution in [2.24, 2.45) is 0 Å².